The third kappa shape index (κ3) is 3.78. The smallest absolute Gasteiger partial charge is 0.342 e. The Kier molecular flexibility index (Phi) is 5.22. The summed E-state index contributed by atoms with van der Waals surface area (Å²) in [7, 11) is -4.25. The summed E-state index contributed by atoms with van der Waals surface area (Å²) >= 11 is 0. The quantitative estimate of drug-likeness (QED) is 0.685. The number of nitrogens with two attached hydrogens (primary N) is 1. The summed E-state index contributed by atoms with van der Waals surface area (Å²) < 4.78 is 33.3. The molecule has 1 aromatic rings. The standard InChI is InChI=1S/C10H15N3O6S/c1-3-18-8(14)6-13-9(20(11,16)17)7(5-12-13)10(15)19-4-2/h5H,3-4,6H2,1-2H3,(H2,11,16,17). The first-order valence-electron chi connectivity index (χ1n) is 5.72. The van der Waals surface area contributed by atoms with Crippen LogP contribution in [0.4, 0.5) is 0 Å². The monoisotopic (exact) mass is 305 g/mol. The minimum Gasteiger partial charge on any atom is -0.465 e. The average molecular weight is 305 g/mol. The van der Waals surface area contributed by atoms with Crippen LogP contribution in [-0.4, -0.2) is 43.4 Å². The molecule has 1 rings (SSSR count). The fraction of sp³-hybridized carbons (Fsp3) is 0.500. The molecule has 0 radical (unpaired) electrons. The van der Waals surface area contributed by atoms with Gasteiger partial charge >= 0.3 is 11.9 Å². The maximum atomic E-state index is 11.6. The highest BCUT2D eigenvalue weighted by Gasteiger charge is 2.27. The van der Waals surface area contributed by atoms with Gasteiger partial charge in [-0.05, 0) is 13.8 Å². The van der Waals surface area contributed by atoms with Gasteiger partial charge in [0.25, 0.3) is 10.0 Å². The summed E-state index contributed by atoms with van der Waals surface area (Å²) in [6.45, 7) is 2.89. The van der Waals surface area contributed by atoms with Crippen molar-refractivity contribution in [2.75, 3.05) is 13.2 Å². The third-order valence-corrected chi connectivity index (χ3v) is 3.11. The van der Waals surface area contributed by atoms with Crippen LogP contribution < -0.4 is 5.14 Å². The third-order valence-electron chi connectivity index (χ3n) is 2.14. The Morgan fingerprint density at radius 1 is 1.30 bits per heavy atom. The SMILES string of the molecule is CCOC(=O)Cn1ncc(C(=O)OCC)c1S(N)(=O)=O. The maximum absolute atomic E-state index is 11.6. The van der Waals surface area contributed by atoms with E-state index in [1.165, 1.54) is 0 Å². The second kappa shape index (κ2) is 6.48. The number of ether oxygens (including phenoxy) is 2. The average Bonchev–Trinajstić information content (AvgIpc) is 2.73. The van der Waals surface area contributed by atoms with Gasteiger partial charge in [0, 0.05) is 0 Å². The first-order valence-corrected chi connectivity index (χ1v) is 7.27. The van der Waals surface area contributed by atoms with Crippen LogP contribution in [0.3, 0.4) is 0 Å². The molecular weight excluding hydrogens is 290 g/mol. The molecule has 1 aromatic heterocycles. The Bertz CT molecular complexity index is 607. The number of hydrogen-bond donors (Lipinski definition) is 1. The van der Waals surface area contributed by atoms with Crippen molar-refractivity contribution in [2.45, 2.75) is 25.4 Å². The van der Waals surface area contributed by atoms with Gasteiger partial charge in [-0.1, -0.05) is 0 Å². The molecule has 1 heterocycles. The van der Waals surface area contributed by atoms with Crippen molar-refractivity contribution in [3.63, 3.8) is 0 Å². The highest BCUT2D eigenvalue weighted by atomic mass is 32.2. The first kappa shape index (κ1) is 16.1. The Morgan fingerprint density at radius 3 is 2.40 bits per heavy atom. The minimum absolute atomic E-state index is 0.0615. The summed E-state index contributed by atoms with van der Waals surface area (Å²) in [5.41, 5.74) is -0.321. The number of hydrogen-bond acceptors (Lipinski definition) is 7. The zero-order valence-electron chi connectivity index (χ0n) is 11.0. The Balaban J connectivity index is 3.20. The second-order valence-corrected chi connectivity index (χ2v) is 5.07. The second-order valence-electron chi connectivity index (χ2n) is 3.59. The van der Waals surface area contributed by atoms with Gasteiger partial charge in [-0.3, -0.25) is 4.79 Å². The van der Waals surface area contributed by atoms with Crippen LogP contribution in [0.15, 0.2) is 11.2 Å². The van der Waals surface area contributed by atoms with Gasteiger partial charge in [0.1, 0.15) is 12.1 Å². The van der Waals surface area contributed by atoms with E-state index in [1.807, 2.05) is 0 Å². The molecule has 0 unspecified atom stereocenters. The molecule has 0 spiro atoms. The number of rotatable bonds is 6. The lowest BCUT2D eigenvalue weighted by atomic mass is 10.4. The van der Waals surface area contributed by atoms with E-state index in [0.717, 1.165) is 10.9 Å². The van der Waals surface area contributed by atoms with E-state index in [0.29, 0.717) is 0 Å². The molecule has 9 nitrogen and oxygen atoms in total. The van der Waals surface area contributed by atoms with Gasteiger partial charge in [0.2, 0.25) is 0 Å². The van der Waals surface area contributed by atoms with Crippen molar-refractivity contribution in [3.05, 3.63) is 11.8 Å². The predicted octanol–water partition coefficient (Wildman–Crippen LogP) is -0.730. The largest absolute Gasteiger partial charge is 0.465 e. The number of sulfonamides is 1. The van der Waals surface area contributed by atoms with Gasteiger partial charge in [-0.2, -0.15) is 5.10 Å². The van der Waals surface area contributed by atoms with E-state index >= 15 is 0 Å². The highest BCUT2D eigenvalue weighted by molar-refractivity contribution is 7.89. The molecule has 0 aromatic carbocycles. The molecule has 0 fully saturated rings. The molecule has 0 saturated carbocycles. The zero-order valence-corrected chi connectivity index (χ0v) is 11.8. The highest BCUT2D eigenvalue weighted by Crippen LogP contribution is 2.15. The zero-order chi connectivity index (χ0) is 15.3. The summed E-state index contributed by atoms with van der Waals surface area (Å²) in [6.07, 6.45) is 0.983. The fourth-order valence-electron chi connectivity index (χ4n) is 1.46. The van der Waals surface area contributed by atoms with E-state index in [4.69, 9.17) is 9.88 Å². The van der Waals surface area contributed by atoms with E-state index in [9.17, 15) is 18.0 Å². The van der Waals surface area contributed by atoms with Crippen LogP contribution in [0.2, 0.25) is 0 Å². The molecule has 20 heavy (non-hydrogen) atoms. The topological polar surface area (TPSA) is 131 Å². The van der Waals surface area contributed by atoms with E-state index in [2.05, 4.69) is 9.84 Å². The number of aromatic nitrogens is 2. The summed E-state index contributed by atoms with van der Waals surface area (Å²) in [5.74, 6) is -1.58. The normalized spacial score (nSPS) is 11.2. The van der Waals surface area contributed by atoms with Crippen LogP contribution in [0.1, 0.15) is 24.2 Å². The Morgan fingerprint density at radius 2 is 1.90 bits per heavy atom. The number of carbonyl (C=O) groups excluding carboxylic acids is 2. The molecule has 0 amide bonds. The predicted molar refractivity (Wildman–Crippen MR) is 66.2 cm³/mol. The van der Waals surface area contributed by atoms with Crippen LogP contribution in [0.5, 0.6) is 0 Å². The molecule has 0 aliphatic rings. The number of carbonyl (C=O) groups is 2. The van der Waals surface area contributed by atoms with Crippen molar-refractivity contribution in [2.24, 2.45) is 5.14 Å². The number of nitrogens with zero attached hydrogens (tertiary/aromatic N) is 2. The number of esters is 2. The molecule has 10 heteroatoms. The van der Waals surface area contributed by atoms with Crippen LogP contribution in [-0.2, 0) is 30.8 Å². The van der Waals surface area contributed by atoms with E-state index in [-0.39, 0.29) is 18.8 Å². The van der Waals surface area contributed by atoms with Gasteiger partial charge in [-0.15, -0.1) is 0 Å². The molecular formula is C10H15N3O6S. The Hall–Kier alpha value is -1.94. The van der Waals surface area contributed by atoms with E-state index in [1.54, 1.807) is 13.8 Å². The summed E-state index contributed by atoms with van der Waals surface area (Å²) in [5, 5.41) is 8.12. The molecule has 0 aliphatic heterocycles. The lowest BCUT2D eigenvalue weighted by molar-refractivity contribution is -0.144. The summed E-state index contributed by atoms with van der Waals surface area (Å²) in [4.78, 5) is 23.0. The molecule has 0 bridgehead atoms. The maximum Gasteiger partial charge on any atom is 0.342 e. The van der Waals surface area contributed by atoms with Gasteiger partial charge in [0.05, 0.1) is 19.4 Å². The van der Waals surface area contributed by atoms with Crippen LogP contribution in [0, 0.1) is 0 Å². The molecule has 112 valence electrons. The summed E-state index contributed by atoms with van der Waals surface area (Å²) in [6, 6.07) is 0. The van der Waals surface area contributed by atoms with Crippen molar-refractivity contribution in [1.29, 1.82) is 0 Å². The van der Waals surface area contributed by atoms with E-state index < -0.39 is 33.5 Å². The van der Waals surface area contributed by atoms with Crippen molar-refractivity contribution in [1.82, 2.24) is 9.78 Å². The lowest BCUT2D eigenvalue weighted by Crippen LogP contribution is -2.24. The van der Waals surface area contributed by atoms with Gasteiger partial charge in [-0.25, -0.2) is 23.0 Å². The first-order chi connectivity index (χ1) is 9.31. The van der Waals surface area contributed by atoms with Crippen molar-refractivity contribution in [3.8, 4) is 0 Å². The minimum atomic E-state index is -4.25. The Labute approximate surface area is 115 Å². The molecule has 0 atom stereocenters. The molecule has 0 aliphatic carbocycles. The van der Waals surface area contributed by atoms with Gasteiger partial charge in [0.15, 0.2) is 5.03 Å². The molecule has 2 N–H and O–H groups in total. The van der Waals surface area contributed by atoms with Crippen molar-refractivity contribution >= 4 is 22.0 Å². The number of primary sulfonamides is 1. The fourth-order valence-corrected chi connectivity index (χ4v) is 2.31. The van der Waals surface area contributed by atoms with Gasteiger partial charge < -0.3 is 9.47 Å². The van der Waals surface area contributed by atoms with Crippen molar-refractivity contribution < 1.29 is 27.5 Å². The lowest BCUT2D eigenvalue weighted by Gasteiger charge is -2.07. The van der Waals surface area contributed by atoms with Crippen LogP contribution >= 0.6 is 0 Å². The molecule has 0 saturated heterocycles. The van der Waals surface area contributed by atoms with Crippen LogP contribution in [0.25, 0.3) is 0 Å².